The Morgan fingerprint density at radius 1 is 1.44 bits per heavy atom. The second-order valence-corrected chi connectivity index (χ2v) is 5.67. The van der Waals surface area contributed by atoms with Crippen LogP contribution in [0, 0.1) is 13.8 Å². The molecule has 2 rings (SSSR count). The minimum Gasteiger partial charge on any atom is -0.476 e. The van der Waals surface area contributed by atoms with Gasteiger partial charge in [0, 0.05) is 4.88 Å². The summed E-state index contributed by atoms with van der Waals surface area (Å²) < 4.78 is 0. The zero-order chi connectivity index (χ0) is 11.9. The quantitative estimate of drug-likeness (QED) is 0.864. The lowest BCUT2D eigenvalue weighted by atomic mass is 10.3. The van der Waals surface area contributed by atoms with Crippen molar-refractivity contribution in [2.45, 2.75) is 13.8 Å². The van der Waals surface area contributed by atoms with E-state index in [0.29, 0.717) is 5.01 Å². The molecule has 2 heterocycles. The van der Waals surface area contributed by atoms with Gasteiger partial charge in [0.2, 0.25) is 0 Å². The van der Waals surface area contributed by atoms with E-state index in [4.69, 9.17) is 10.8 Å². The topological polar surface area (TPSA) is 76.2 Å². The molecule has 2 aromatic rings. The molecular formula is C10H10N2O2S2. The number of aryl methyl sites for hydroxylation is 2. The standard InChI is InChI=1S/C10H10N2O2S2/c1-4-3-6(15-5(4)2)9-12-7(10(13)14)8(11)16-9/h3H,11H2,1-2H3,(H,13,14). The number of hydrogen-bond donors (Lipinski definition) is 2. The lowest BCUT2D eigenvalue weighted by molar-refractivity contribution is 0.0692. The first-order valence-electron chi connectivity index (χ1n) is 4.56. The largest absolute Gasteiger partial charge is 0.476 e. The van der Waals surface area contributed by atoms with Gasteiger partial charge in [0.05, 0.1) is 4.88 Å². The molecule has 0 saturated carbocycles. The van der Waals surface area contributed by atoms with Gasteiger partial charge in [0.25, 0.3) is 0 Å². The highest BCUT2D eigenvalue weighted by Gasteiger charge is 2.17. The van der Waals surface area contributed by atoms with Crippen molar-refractivity contribution in [1.82, 2.24) is 4.98 Å². The van der Waals surface area contributed by atoms with Crippen LogP contribution in [0.25, 0.3) is 9.88 Å². The van der Waals surface area contributed by atoms with Crippen LogP contribution in [0.15, 0.2) is 6.07 Å². The number of nitrogen functional groups attached to an aromatic ring is 1. The van der Waals surface area contributed by atoms with E-state index in [1.165, 1.54) is 21.8 Å². The van der Waals surface area contributed by atoms with Crippen LogP contribution in [0.4, 0.5) is 5.00 Å². The minimum atomic E-state index is -1.08. The van der Waals surface area contributed by atoms with E-state index < -0.39 is 5.97 Å². The Kier molecular flexibility index (Phi) is 2.69. The third-order valence-corrected chi connectivity index (χ3v) is 4.44. The summed E-state index contributed by atoms with van der Waals surface area (Å²) in [5.74, 6) is -1.08. The van der Waals surface area contributed by atoms with Crippen molar-refractivity contribution in [2.24, 2.45) is 0 Å². The molecule has 16 heavy (non-hydrogen) atoms. The van der Waals surface area contributed by atoms with Crippen LogP contribution in [0.2, 0.25) is 0 Å². The summed E-state index contributed by atoms with van der Waals surface area (Å²) in [6.07, 6.45) is 0. The number of thiophene rings is 1. The van der Waals surface area contributed by atoms with Crippen molar-refractivity contribution in [2.75, 3.05) is 5.73 Å². The number of aromatic nitrogens is 1. The normalized spacial score (nSPS) is 10.6. The van der Waals surface area contributed by atoms with Gasteiger partial charge in [-0.15, -0.1) is 11.3 Å². The van der Waals surface area contributed by atoms with Gasteiger partial charge in [0.15, 0.2) is 5.69 Å². The summed E-state index contributed by atoms with van der Waals surface area (Å²) in [4.78, 5) is 17.0. The van der Waals surface area contributed by atoms with E-state index in [1.807, 2.05) is 19.9 Å². The highest BCUT2D eigenvalue weighted by molar-refractivity contribution is 7.24. The first-order chi connectivity index (χ1) is 7.49. The van der Waals surface area contributed by atoms with Crippen molar-refractivity contribution in [1.29, 1.82) is 0 Å². The first-order valence-corrected chi connectivity index (χ1v) is 6.19. The first kappa shape index (κ1) is 11.1. The number of carbonyl (C=O) groups is 1. The smallest absolute Gasteiger partial charge is 0.357 e. The van der Waals surface area contributed by atoms with E-state index in [-0.39, 0.29) is 10.7 Å². The van der Waals surface area contributed by atoms with Crippen molar-refractivity contribution in [3.63, 3.8) is 0 Å². The molecule has 0 aliphatic carbocycles. The number of thiazole rings is 1. The molecular weight excluding hydrogens is 244 g/mol. The van der Waals surface area contributed by atoms with Gasteiger partial charge in [-0.1, -0.05) is 11.3 Å². The Morgan fingerprint density at radius 3 is 2.56 bits per heavy atom. The van der Waals surface area contributed by atoms with Crippen LogP contribution in [0.1, 0.15) is 20.9 Å². The molecule has 6 heteroatoms. The van der Waals surface area contributed by atoms with E-state index in [9.17, 15) is 4.79 Å². The zero-order valence-corrected chi connectivity index (χ0v) is 10.4. The fourth-order valence-electron chi connectivity index (χ4n) is 1.27. The number of nitrogens with two attached hydrogens (primary N) is 1. The van der Waals surface area contributed by atoms with Crippen LogP contribution < -0.4 is 5.73 Å². The van der Waals surface area contributed by atoms with E-state index in [1.54, 1.807) is 11.3 Å². The summed E-state index contributed by atoms with van der Waals surface area (Å²) >= 11 is 2.81. The summed E-state index contributed by atoms with van der Waals surface area (Å²) in [5.41, 5.74) is 6.74. The zero-order valence-electron chi connectivity index (χ0n) is 8.77. The fourth-order valence-corrected chi connectivity index (χ4v) is 3.17. The molecule has 0 bridgehead atoms. The number of anilines is 1. The van der Waals surface area contributed by atoms with E-state index in [0.717, 1.165) is 4.88 Å². The van der Waals surface area contributed by atoms with Gasteiger partial charge in [-0.05, 0) is 25.5 Å². The van der Waals surface area contributed by atoms with Crippen LogP contribution >= 0.6 is 22.7 Å². The summed E-state index contributed by atoms with van der Waals surface area (Å²) in [5, 5.41) is 9.79. The van der Waals surface area contributed by atoms with Crippen LogP contribution in [0.5, 0.6) is 0 Å². The van der Waals surface area contributed by atoms with Gasteiger partial charge < -0.3 is 10.8 Å². The van der Waals surface area contributed by atoms with Gasteiger partial charge in [0.1, 0.15) is 10.0 Å². The Bertz CT molecular complexity index is 538. The average molecular weight is 254 g/mol. The van der Waals surface area contributed by atoms with E-state index >= 15 is 0 Å². The SMILES string of the molecule is Cc1cc(-c2nc(C(=O)O)c(N)s2)sc1C. The Hall–Kier alpha value is -1.40. The number of carboxylic acids is 1. The molecule has 0 aliphatic rings. The monoisotopic (exact) mass is 254 g/mol. The van der Waals surface area contributed by atoms with Gasteiger partial charge in [-0.3, -0.25) is 0 Å². The third-order valence-electron chi connectivity index (χ3n) is 2.23. The summed E-state index contributed by atoms with van der Waals surface area (Å²) in [6, 6.07) is 2.00. The fraction of sp³-hybridized carbons (Fsp3) is 0.200. The number of hydrogen-bond acceptors (Lipinski definition) is 5. The lowest BCUT2D eigenvalue weighted by Crippen LogP contribution is -2.00. The van der Waals surface area contributed by atoms with Gasteiger partial charge in [-0.2, -0.15) is 0 Å². The second-order valence-electron chi connectivity index (χ2n) is 3.39. The molecule has 0 aliphatic heterocycles. The van der Waals surface area contributed by atoms with Crippen molar-refractivity contribution in [3.8, 4) is 9.88 Å². The highest BCUT2D eigenvalue weighted by Crippen LogP contribution is 2.35. The molecule has 0 amide bonds. The lowest BCUT2D eigenvalue weighted by Gasteiger charge is -1.86. The maximum atomic E-state index is 10.8. The Balaban J connectivity index is 2.49. The molecule has 0 radical (unpaired) electrons. The molecule has 0 aromatic carbocycles. The molecule has 0 atom stereocenters. The predicted octanol–water partition coefficient (Wildman–Crippen LogP) is 2.77. The van der Waals surface area contributed by atoms with Gasteiger partial charge >= 0.3 is 5.97 Å². The van der Waals surface area contributed by atoms with Crippen LogP contribution in [0.3, 0.4) is 0 Å². The molecule has 0 spiro atoms. The average Bonchev–Trinajstić information content (AvgIpc) is 2.71. The molecule has 84 valence electrons. The van der Waals surface area contributed by atoms with E-state index in [2.05, 4.69) is 4.98 Å². The third kappa shape index (κ3) is 1.81. The molecule has 0 fully saturated rings. The van der Waals surface area contributed by atoms with Crippen LogP contribution in [-0.2, 0) is 0 Å². The Morgan fingerprint density at radius 2 is 2.12 bits per heavy atom. The molecule has 3 N–H and O–H groups in total. The number of aromatic carboxylic acids is 1. The maximum Gasteiger partial charge on any atom is 0.357 e. The Labute approximate surface area is 100 Å². The second kappa shape index (κ2) is 3.88. The number of carboxylic acid groups (broad SMARTS) is 1. The molecule has 4 nitrogen and oxygen atoms in total. The molecule has 0 saturated heterocycles. The molecule has 2 aromatic heterocycles. The van der Waals surface area contributed by atoms with Crippen LogP contribution in [-0.4, -0.2) is 16.1 Å². The number of nitrogens with zero attached hydrogens (tertiary/aromatic N) is 1. The maximum absolute atomic E-state index is 10.8. The minimum absolute atomic E-state index is 0.0521. The van der Waals surface area contributed by atoms with Crippen molar-refractivity contribution >= 4 is 33.6 Å². The van der Waals surface area contributed by atoms with Crippen molar-refractivity contribution in [3.05, 3.63) is 22.2 Å². The van der Waals surface area contributed by atoms with Gasteiger partial charge in [-0.25, -0.2) is 9.78 Å². The molecule has 0 unspecified atom stereocenters. The predicted molar refractivity (Wildman–Crippen MR) is 66.3 cm³/mol. The van der Waals surface area contributed by atoms with Crippen molar-refractivity contribution < 1.29 is 9.90 Å². The summed E-state index contributed by atoms with van der Waals surface area (Å²) in [6.45, 7) is 4.04. The highest BCUT2D eigenvalue weighted by atomic mass is 32.1. The number of rotatable bonds is 2. The summed E-state index contributed by atoms with van der Waals surface area (Å²) in [7, 11) is 0.